The third kappa shape index (κ3) is 8.46. The number of halogens is 1. The number of nitrogens with zero attached hydrogens (tertiary/aromatic N) is 5. The Kier molecular flexibility index (Phi) is 10.9. The fraction of sp³-hybridized carbons (Fsp3) is 0.472. The zero-order chi connectivity index (χ0) is 34.4. The van der Waals surface area contributed by atoms with E-state index < -0.39 is 23.5 Å². The van der Waals surface area contributed by atoms with Crippen LogP contribution >= 0.6 is 0 Å². The molecule has 48 heavy (non-hydrogen) atoms. The molecule has 256 valence electrons. The maximum absolute atomic E-state index is 14.5. The third-order valence-electron chi connectivity index (χ3n) is 9.03. The van der Waals surface area contributed by atoms with Gasteiger partial charge in [-0.2, -0.15) is 0 Å². The van der Waals surface area contributed by atoms with E-state index in [1.165, 1.54) is 6.08 Å². The van der Waals surface area contributed by atoms with Crippen LogP contribution in [0.4, 0.5) is 4.39 Å². The standard InChI is InChI=1S/C36H46FN7O4/c1-24(38-5)33(45)41-32(36(2,3)4)35(47)44-22-29(48-28-13-16-39-17-14-28)20-27(44)21-43(19-15-25-9-11-26(37)12-10-25)34(46)30-23-42-18-7-6-8-31(42)40-30/h6-9,11,13-14,16-18,23-24,27,29,32,38H,10,12,15,19-22H2,1-5H3,(H,41,45)/t24-,27-,29-,32+/m0/s1. The van der Waals surface area contributed by atoms with Crippen molar-refractivity contribution in [1.82, 2.24) is 34.8 Å². The van der Waals surface area contributed by atoms with E-state index in [0.29, 0.717) is 49.3 Å². The van der Waals surface area contributed by atoms with Crippen LogP contribution in [0.5, 0.6) is 5.75 Å². The van der Waals surface area contributed by atoms with E-state index in [4.69, 9.17) is 4.74 Å². The maximum atomic E-state index is 14.5. The predicted molar refractivity (Wildman–Crippen MR) is 181 cm³/mol. The highest BCUT2D eigenvalue weighted by Gasteiger charge is 2.44. The number of amides is 3. The first-order valence-electron chi connectivity index (χ1n) is 16.5. The molecule has 1 saturated heterocycles. The van der Waals surface area contributed by atoms with Crippen molar-refractivity contribution in [3.8, 4) is 5.75 Å². The van der Waals surface area contributed by atoms with Crippen molar-refractivity contribution in [2.24, 2.45) is 5.41 Å². The van der Waals surface area contributed by atoms with Gasteiger partial charge < -0.3 is 29.6 Å². The minimum Gasteiger partial charge on any atom is -0.488 e. The normalized spacial score (nSPS) is 19.3. The number of nitrogens with one attached hydrogen (secondary N) is 2. The van der Waals surface area contributed by atoms with Crippen molar-refractivity contribution in [3.05, 3.63) is 84.4 Å². The number of hydrogen-bond donors (Lipinski definition) is 2. The molecule has 4 atom stereocenters. The molecule has 3 aromatic heterocycles. The first kappa shape index (κ1) is 34.7. The number of carbonyl (C=O) groups is 3. The number of imidazole rings is 1. The van der Waals surface area contributed by atoms with E-state index in [1.54, 1.807) is 65.0 Å². The zero-order valence-corrected chi connectivity index (χ0v) is 28.4. The minimum absolute atomic E-state index is 0.152. The summed E-state index contributed by atoms with van der Waals surface area (Å²) < 4.78 is 21.9. The van der Waals surface area contributed by atoms with Crippen LogP contribution < -0.4 is 15.4 Å². The molecular formula is C36H46FN7O4. The lowest BCUT2D eigenvalue weighted by atomic mass is 9.85. The molecule has 5 rings (SSSR count). The van der Waals surface area contributed by atoms with Crippen molar-refractivity contribution in [3.63, 3.8) is 0 Å². The summed E-state index contributed by atoms with van der Waals surface area (Å²) in [4.78, 5) is 53.8. The van der Waals surface area contributed by atoms with Crippen molar-refractivity contribution in [2.45, 2.75) is 77.6 Å². The van der Waals surface area contributed by atoms with E-state index in [0.717, 1.165) is 5.57 Å². The number of likely N-dealkylation sites (N-methyl/N-ethyl adjacent to an activating group) is 1. The molecule has 0 aromatic carbocycles. The molecule has 3 amide bonds. The second-order valence-electron chi connectivity index (χ2n) is 13.7. The molecule has 0 radical (unpaired) electrons. The van der Waals surface area contributed by atoms with E-state index in [1.807, 2.05) is 45.2 Å². The van der Waals surface area contributed by atoms with Crippen LogP contribution in [0.2, 0.25) is 0 Å². The summed E-state index contributed by atoms with van der Waals surface area (Å²) in [6, 6.07) is 7.39. The molecule has 2 N–H and O–H groups in total. The van der Waals surface area contributed by atoms with Gasteiger partial charge in [-0.3, -0.25) is 19.4 Å². The molecule has 11 nitrogen and oxygen atoms in total. The Balaban J connectivity index is 1.45. The summed E-state index contributed by atoms with van der Waals surface area (Å²) in [6.07, 6.45) is 11.7. The molecule has 0 bridgehead atoms. The topological polar surface area (TPSA) is 121 Å². The number of allylic oxidation sites excluding steroid dienone is 3. The molecule has 1 aliphatic heterocycles. The molecule has 0 spiro atoms. The number of likely N-dealkylation sites (tertiary alicyclic amines) is 1. The quantitative estimate of drug-likeness (QED) is 0.297. The van der Waals surface area contributed by atoms with Gasteiger partial charge in [0, 0.05) is 50.7 Å². The lowest BCUT2D eigenvalue weighted by Crippen LogP contribution is -2.59. The second-order valence-corrected chi connectivity index (χ2v) is 13.7. The molecule has 4 heterocycles. The summed E-state index contributed by atoms with van der Waals surface area (Å²) in [5, 5.41) is 5.92. The Labute approximate surface area is 281 Å². The SMILES string of the molecule is CN[C@@H](C)C(=O)N[C@H](C(=O)N1C[C@@H](Oc2ccncc2)C[C@H]1CN(CCC1=CC=C(F)CC1)C(=O)c1cn2ccccc2n1)C(C)(C)C. The van der Waals surface area contributed by atoms with Crippen molar-refractivity contribution in [1.29, 1.82) is 0 Å². The van der Waals surface area contributed by atoms with Gasteiger partial charge in [-0.1, -0.05) is 38.5 Å². The molecule has 12 heteroatoms. The van der Waals surface area contributed by atoms with Crippen LogP contribution in [-0.4, -0.2) is 92.8 Å². The van der Waals surface area contributed by atoms with Crippen LogP contribution in [0.3, 0.4) is 0 Å². The molecule has 2 aliphatic rings. The minimum atomic E-state index is -0.820. The summed E-state index contributed by atoms with van der Waals surface area (Å²) in [5.74, 6) is -0.289. The Morgan fingerprint density at radius 2 is 1.90 bits per heavy atom. The molecular weight excluding hydrogens is 613 g/mol. The average Bonchev–Trinajstić information content (AvgIpc) is 3.69. The van der Waals surface area contributed by atoms with E-state index in [9.17, 15) is 18.8 Å². The molecule has 1 fully saturated rings. The highest BCUT2D eigenvalue weighted by atomic mass is 19.1. The summed E-state index contributed by atoms with van der Waals surface area (Å²) in [7, 11) is 1.69. The summed E-state index contributed by atoms with van der Waals surface area (Å²) in [6.45, 7) is 8.37. The second kappa shape index (κ2) is 15.1. The predicted octanol–water partition coefficient (Wildman–Crippen LogP) is 4.32. The number of fused-ring (bicyclic) bond motifs is 1. The first-order chi connectivity index (χ1) is 22.9. The lowest BCUT2D eigenvalue weighted by Gasteiger charge is -2.37. The fourth-order valence-corrected chi connectivity index (χ4v) is 6.10. The zero-order valence-electron chi connectivity index (χ0n) is 28.4. The number of ether oxygens (including phenoxy) is 1. The first-order valence-corrected chi connectivity index (χ1v) is 16.5. The highest BCUT2D eigenvalue weighted by molar-refractivity contribution is 5.93. The average molecular weight is 660 g/mol. The summed E-state index contributed by atoms with van der Waals surface area (Å²) >= 11 is 0. The monoisotopic (exact) mass is 659 g/mol. The molecule has 3 aromatic rings. The summed E-state index contributed by atoms with van der Waals surface area (Å²) in [5.41, 5.74) is 1.40. The van der Waals surface area contributed by atoms with E-state index >= 15 is 0 Å². The fourth-order valence-electron chi connectivity index (χ4n) is 6.10. The van der Waals surface area contributed by atoms with Gasteiger partial charge in [0.1, 0.15) is 35.1 Å². The lowest BCUT2D eigenvalue weighted by molar-refractivity contribution is -0.141. The molecule has 1 aliphatic carbocycles. The van der Waals surface area contributed by atoms with Crippen molar-refractivity contribution < 1.29 is 23.5 Å². The van der Waals surface area contributed by atoms with E-state index in [2.05, 4.69) is 20.6 Å². The molecule has 0 saturated carbocycles. The van der Waals surface area contributed by atoms with Gasteiger partial charge in [0.25, 0.3) is 5.91 Å². The Morgan fingerprint density at radius 1 is 1.12 bits per heavy atom. The van der Waals surface area contributed by atoms with Crippen LogP contribution in [0.15, 0.2) is 78.7 Å². The van der Waals surface area contributed by atoms with Crippen molar-refractivity contribution >= 4 is 23.4 Å². The molecule has 0 unspecified atom stereocenters. The maximum Gasteiger partial charge on any atom is 0.274 e. The van der Waals surface area contributed by atoms with Gasteiger partial charge in [-0.15, -0.1) is 0 Å². The number of pyridine rings is 2. The largest absolute Gasteiger partial charge is 0.488 e. The third-order valence-corrected chi connectivity index (χ3v) is 9.03. The number of hydrogen-bond acceptors (Lipinski definition) is 7. The van der Waals surface area contributed by atoms with Crippen LogP contribution in [-0.2, 0) is 9.59 Å². The van der Waals surface area contributed by atoms with Crippen LogP contribution in [0.1, 0.15) is 63.9 Å². The Hall–Kier alpha value is -4.58. The van der Waals surface area contributed by atoms with Crippen molar-refractivity contribution in [2.75, 3.05) is 26.7 Å². The van der Waals surface area contributed by atoms with Gasteiger partial charge in [0.15, 0.2) is 0 Å². The van der Waals surface area contributed by atoms with Gasteiger partial charge in [0.05, 0.1) is 18.6 Å². The van der Waals surface area contributed by atoms with Crippen LogP contribution in [0, 0.1) is 5.41 Å². The number of carbonyl (C=O) groups excluding carboxylic acids is 3. The smallest absolute Gasteiger partial charge is 0.274 e. The van der Waals surface area contributed by atoms with Gasteiger partial charge in [0.2, 0.25) is 11.8 Å². The van der Waals surface area contributed by atoms with Crippen LogP contribution in [0.25, 0.3) is 5.65 Å². The Morgan fingerprint density at radius 3 is 2.56 bits per heavy atom. The Bertz CT molecular complexity index is 1630. The number of aromatic nitrogens is 3. The number of rotatable bonds is 12. The van der Waals surface area contributed by atoms with Gasteiger partial charge >= 0.3 is 0 Å². The van der Waals surface area contributed by atoms with Gasteiger partial charge in [-0.05, 0) is 62.6 Å². The van der Waals surface area contributed by atoms with Gasteiger partial charge in [-0.25, -0.2) is 9.37 Å². The van der Waals surface area contributed by atoms with E-state index in [-0.39, 0.29) is 42.7 Å². The highest BCUT2D eigenvalue weighted by Crippen LogP contribution is 2.29.